The summed E-state index contributed by atoms with van der Waals surface area (Å²) in [6.45, 7) is 9.16. The van der Waals surface area contributed by atoms with Crippen LogP contribution in [0.5, 0.6) is 0 Å². The van der Waals surface area contributed by atoms with Crippen molar-refractivity contribution in [3.8, 4) is 0 Å². The van der Waals surface area contributed by atoms with Crippen molar-refractivity contribution < 1.29 is 4.79 Å². The smallest absolute Gasteiger partial charge is 0.132 e. The third kappa shape index (κ3) is 4.43. The summed E-state index contributed by atoms with van der Waals surface area (Å²) in [6.07, 6.45) is 6.08. The Morgan fingerprint density at radius 2 is 1.76 bits per heavy atom. The third-order valence-electron chi connectivity index (χ3n) is 4.79. The molecule has 0 heterocycles. The Bertz CT molecular complexity index is 475. The van der Waals surface area contributed by atoms with Crippen LogP contribution in [-0.2, 0) is 11.2 Å². The second-order valence-electron chi connectivity index (χ2n) is 7.36. The van der Waals surface area contributed by atoms with E-state index in [1.165, 1.54) is 29.5 Å². The zero-order valence-electron chi connectivity index (χ0n) is 14.1. The lowest BCUT2D eigenvalue weighted by atomic mass is 9.81. The number of hydrogen-bond acceptors (Lipinski definition) is 1. The van der Waals surface area contributed by atoms with Gasteiger partial charge in [-0.1, -0.05) is 45.9 Å². The highest BCUT2D eigenvalue weighted by molar-refractivity contribution is 5.79. The average molecular weight is 286 g/mol. The van der Waals surface area contributed by atoms with Crippen LogP contribution in [0.25, 0.3) is 0 Å². The molecule has 0 saturated heterocycles. The van der Waals surface area contributed by atoms with Gasteiger partial charge in [-0.2, -0.15) is 0 Å². The number of ketones is 1. The molecular formula is C20H30O. The van der Waals surface area contributed by atoms with Gasteiger partial charge in [0.25, 0.3) is 0 Å². The van der Waals surface area contributed by atoms with Gasteiger partial charge in [0.15, 0.2) is 0 Å². The average Bonchev–Trinajstić information content (AvgIpc) is 2.45. The maximum Gasteiger partial charge on any atom is 0.132 e. The minimum absolute atomic E-state index is 0.449. The lowest BCUT2D eigenvalue weighted by Crippen LogP contribution is -2.13. The van der Waals surface area contributed by atoms with E-state index in [0.717, 1.165) is 31.6 Å². The second-order valence-corrected chi connectivity index (χ2v) is 7.36. The van der Waals surface area contributed by atoms with Gasteiger partial charge in [0, 0.05) is 12.8 Å². The number of benzene rings is 1. The Hall–Kier alpha value is -1.11. The summed E-state index contributed by atoms with van der Waals surface area (Å²) >= 11 is 0. The minimum atomic E-state index is 0.449. The van der Waals surface area contributed by atoms with Gasteiger partial charge in [0.1, 0.15) is 5.78 Å². The van der Waals surface area contributed by atoms with Crippen LogP contribution in [0, 0.1) is 5.92 Å². The molecule has 21 heavy (non-hydrogen) atoms. The fraction of sp³-hybridized carbons (Fsp3) is 0.650. The molecule has 0 aliphatic heterocycles. The zero-order valence-corrected chi connectivity index (χ0v) is 14.1. The summed E-state index contributed by atoms with van der Waals surface area (Å²) < 4.78 is 0. The normalized spacial score (nSPS) is 17.0. The molecule has 1 aromatic rings. The van der Waals surface area contributed by atoms with Crippen molar-refractivity contribution in [1.82, 2.24) is 0 Å². The van der Waals surface area contributed by atoms with E-state index in [2.05, 4.69) is 45.9 Å². The fourth-order valence-corrected chi connectivity index (χ4v) is 3.38. The van der Waals surface area contributed by atoms with Crippen molar-refractivity contribution in [1.29, 1.82) is 0 Å². The van der Waals surface area contributed by atoms with Crippen LogP contribution in [0.1, 0.15) is 88.3 Å². The summed E-state index contributed by atoms with van der Waals surface area (Å²) in [5.74, 6) is 2.39. The molecule has 0 amide bonds. The van der Waals surface area contributed by atoms with Crippen LogP contribution in [0.4, 0.5) is 0 Å². The lowest BCUT2D eigenvalue weighted by Gasteiger charge is -2.23. The number of carbonyl (C=O) groups excluding carboxylic acids is 1. The van der Waals surface area contributed by atoms with Gasteiger partial charge < -0.3 is 0 Å². The van der Waals surface area contributed by atoms with E-state index in [1.807, 2.05) is 0 Å². The molecular weight excluding hydrogens is 256 g/mol. The van der Waals surface area contributed by atoms with E-state index in [1.54, 1.807) is 0 Å². The quantitative estimate of drug-likeness (QED) is 0.686. The molecule has 0 N–H and O–H groups in total. The highest BCUT2D eigenvalue weighted by Gasteiger charge is 2.21. The topological polar surface area (TPSA) is 17.1 Å². The molecule has 116 valence electrons. The molecule has 1 fully saturated rings. The largest absolute Gasteiger partial charge is 0.300 e. The van der Waals surface area contributed by atoms with Crippen molar-refractivity contribution in [2.75, 3.05) is 0 Å². The number of rotatable bonds is 5. The Balaban J connectivity index is 2.19. The summed E-state index contributed by atoms with van der Waals surface area (Å²) in [4.78, 5) is 11.4. The van der Waals surface area contributed by atoms with E-state index in [-0.39, 0.29) is 0 Å². The van der Waals surface area contributed by atoms with E-state index in [4.69, 9.17) is 0 Å². The van der Waals surface area contributed by atoms with Crippen LogP contribution < -0.4 is 0 Å². The van der Waals surface area contributed by atoms with Crippen LogP contribution in [0.15, 0.2) is 18.2 Å². The molecule has 0 radical (unpaired) electrons. The maximum absolute atomic E-state index is 11.4. The molecule has 1 aromatic carbocycles. The zero-order chi connectivity index (χ0) is 15.4. The predicted molar refractivity (Wildman–Crippen MR) is 89.9 cm³/mol. The first-order valence-corrected chi connectivity index (χ1v) is 8.61. The highest BCUT2D eigenvalue weighted by Crippen LogP contribution is 2.33. The monoisotopic (exact) mass is 286 g/mol. The Morgan fingerprint density at radius 1 is 1.10 bits per heavy atom. The summed E-state index contributed by atoms with van der Waals surface area (Å²) in [7, 11) is 0. The summed E-state index contributed by atoms with van der Waals surface area (Å²) in [5, 5.41) is 0. The Morgan fingerprint density at radius 3 is 2.33 bits per heavy atom. The standard InChI is InChI=1S/C20H30O/c1-14(2)5-6-18-13-17(9-12-20(18)15(3)4)16-7-10-19(21)11-8-16/h9,12-16H,5-8,10-11H2,1-4H3. The molecule has 2 rings (SSSR count). The maximum atomic E-state index is 11.4. The molecule has 1 saturated carbocycles. The minimum Gasteiger partial charge on any atom is -0.300 e. The van der Waals surface area contributed by atoms with Gasteiger partial charge in [-0.25, -0.2) is 0 Å². The van der Waals surface area contributed by atoms with Gasteiger partial charge in [0.05, 0.1) is 0 Å². The molecule has 0 spiro atoms. The van der Waals surface area contributed by atoms with Crippen molar-refractivity contribution >= 4 is 5.78 Å². The summed E-state index contributed by atoms with van der Waals surface area (Å²) in [5.41, 5.74) is 4.50. The van der Waals surface area contributed by atoms with Crippen molar-refractivity contribution in [2.24, 2.45) is 5.92 Å². The van der Waals surface area contributed by atoms with Gasteiger partial charge in [-0.05, 0) is 60.1 Å². The van der Waals surface area contributed by atoms with E-state index in [9.17, 15) is 4.79 Å². The number of Topliss-reactive ketones (excluding diaryl/α,β-unsaturated/α-hetero) is 1. The van der Waals surface area contributed by atoms with Gasteiger partial charge >= 0.3 is 0 Å². The second kappa shape index (κ2) is 7.24. The van der Waals surface area contributed by atoms with E-state index in [0.29, 0.717) is 17.6 Å². The lowest BCUT2D eigenvalue weighted by molar-refractivity contribution is -0.120. The van der Waals surface area contributed by atoms with Crippen LogP contribution >= 0.6 is 0 Å². The SMILES string of the molecule is CC(C)CCc1cc(C2CCC(=O)CC2)ccc1C(C)C. The predicted octanol–water partition coefficient (Wildman–Crippen LogP) is 5.63. The van der Waals surface area contributed by atoms with Crippen molar-refractivity contribution in [2.45, 2.75) is 78.1 Å². The van der Waals surface area contributed by atoms with Crippen LogP contribution in [-0.4, -0.2) is 5.78 Å². The molecule has 0 aromatic heterocycles. The third-order valence-corrected chi connectivity index (χ3v) is 4.79. The highest BCUT2D eigenvalue weighted by atomic mass is 16.1. The first-order chi connectivity index (χ1) is 9.97. The van der Waals surface area contributed by atoms with Crippen LogP contribution in [0.3, 0.4) is 0 Å². The van der Waals surface area contributed by atoms with Gasteiger partial charge in [0.2, 0.25) is 0 Å². The molecule has 1 nitrogen and oxygen atoms in total. The number of aryl methyl sites for hydroxylation is 1. The number of carbonyl (C=O) groups is 1. The molecule has 0 atom stereocenters. The fourth-order valence-electron chi connectivity index (χ4n) is 3.38. The first kappa shape index (κ1) is 16.3. The summed E-state index contributed by atoms with van der Waals surface area (Å²) in [6, 6.07) is 7.10. The molecule has 1 aliphatic rings. The van der Waals surface area contributed by atoms with Gasteiger partial charge in [-0.3, -0.25) is 4.79 Å². The Labute approximate surface area is 130 Å². The van der Waals surface area contributed by atoms with Crippen molar-refractivity contribution in [3.63, 3.8) is 0 Å². The van der Waals surface area contributed by atoms with Crippen molar-refractivity contribution in [3.05, 3.63) is 34.9 Å². The number of hydrogen-bond donors (Lipinski definition) is 0. The molecule has 1 aliphatic carbocycles. The molecule has 0 bridgehead atoms. The Kier molecular flexibility index (Phi) is 5.61. The molecule has 1 heteroatoms. The van der Waals surface area contributed by atoms with E-state index < -0.39 is 0 Å². The van der Waals surface area contributed by atoms with Gasteiger partial charge in [-0.15, -0.1) is 0 Å². The van der Waals surface area contributed by atoms with E-state index >= 15 is 0 Å². The first-order valence-electron chi connectivity index (χ1n) is 8.61. The van der Waals surface area contributed by atoms with Crippen LogP contribution in [0.2, 0.25) is 0 Å². The molecule has 0 unspecified atom stereocenters.